The van der Waals surface area contributed by atoms with Gasteiger partial charge in [0.2, 0.25) is 0 Å². The van der Waals surface area contributed by atoms with Crippen LogP contribution in [0.1, 0.15) is 11.1 Å². The zero-order chi connectivity index (χ0) is 16.9. The highest BCUT2D eigenvalue weighted by Gasteiger charge is 2.38. The molecule has 24 heavy (non-hydrogen) atoms. The number of hydrogen-bond donors (Lipinski definition) is 1. The first-order chi connectivity index (χ1) is 11.6. The summed E-state index contributed by atoms with van der Waals surface area (Å²) in [6.07, 6.45) is 0.650. The van der Waals surface area contributed by atoms with E-state index in [1.807, 2.05) is 60.7 Å². The summed E-state index contributed by atoms with van der Waals surface area (Å²) in [4.78, 5) is 25.3. The van der Waals surface area contributed by atoms with Gasteiger partial charge < -0.3 is 9.84 Å². The molecule has 0 bridgehead atoms. The molecule has 0 aliphatic carbocycles. The number of carbonyl (C=O) groups excluding carboxylic acids is 2. The van der Waals surface area contributed by atoms with Crippen LogP contribution in [0, 0.1) is 0 Å². The predicted molar refractivity (Wildman–Crippen MR) is 88.1 cm³/mol. The van der Waals surface area contributed by atoms with Crippen molar-refractivity contribution < 1.29 is 19.4 Å². The van der Waals surface area contributed by atoms with Gasteiger partial charge in [-0.1, -0.05) is 60.7 Å². The standard InChI is InChI=1S/C19H17NO4/c21-17-12-18(22)20(16(17)11-14-7-3-1-4-8-14)19(23)24-13-15-9-5-2-6-10-15/h1-10,12,16,21H,11,13H2/t16-/m0/s1. The number of rotatable bonds is 4. The van der Waals surface area contributed by atoms with Crippen molar-refractivity contribution >= 4 is 12.0 Å². The van der Waals surface area contributed by atoms with E-state index in [-0.39, 0.29) is 12.4 Å². The minimum absolute atomic E-state index is 0.0717. The molecule has 1 atom stereocenters. The summed E-state index contributed by atoms with van der Waals surface area (Å²) in [7, 11) is 0. The third-order valence-corrected chi connectivity index (χ3v) is 3.84. The molecule has 1 aliphatic heterocycles. The minimum Gasteiger partial charge on any atom is -0.510 e. The van der Waals surface area contributed by atoms with Gasteiger partial charge in [-0.2, -0.15) is 0 Å². The van der Waals surface area contributed by atoms with E-state index in [0.717, 1.165) is 22.1 Å². The number of carbonyl (C=O) groups is 2. The monoisotopic (exact) mass is 323 g/mol. The van der Waals surface area contributed by atoms with Crippen molar-refractivity contribution in [2.24, 2.45) is 0 Å². The Bertz CT molecular complexity index is 755. The summed E-state index contributed by atoms with van der Waals surface area (Å²) in [6, 6.07) is 17.8. The third kappa shape index (κ3) is 3.46. The zero-order valence-corrected chi connectivity index (χ0v) is 13.0. The van der Waals surface area contributed by atoms with Crippen LogP contribution in [0.2, 0.25) is 0 Å². The van der Waals surface area contributed by atoms with Crippen molar-refractivity contribution in [3.8, 4) is 0 Å². The van der Waals surface area contributed by atoms with Gasteiger partial charge in [-0.05, 0) is 11.1 Å². The number of ether oxygens (including phenoxy) is 1. The van der Waals surface area contributed by atoms with Gasteiger partial charge in [0.25, 0.3) is 5.91 Å². The minimum atomic E-state index is -0.759. The van der Waals surface area contributed by atoms with Crippen LogP contribution in [-0.4, -0.2) is 28.0 Å². The molecule has 0 aromatic heterocycles. The lowest BCUT2D eigenvalue weighted by atomic mass is 10.1. The van der Waals surface area contributed by atoms with E-state index in [0.29, 0.717) is 6.42 Å². The summed E-state index contributed by atoms with van der Waals surface area (Å²) in [6.45, 7) is 0.0717. The van der Waals surface area contributed by atoms with Gasteiger partial charge in [-0.15, -0.1) is 0 Å². The fourth-order valence-electron chi connectivity index (χ4n) is 2.62. The molecule has 0 unspecified atom stereocenters. The Morgan fingerprint density at radius 3 is 2.21 bits per heavy atom. The van der Waals surface area contributed by atoms with Crippen molar-refractivity contribution in [1.29, 1.82) is 0 Å². The maximum Gasteiger partial charge on any atom is 0.417 e. The SMILES string of the molecule is O=C1C=C(O)[C@H](Cc2ccccc2)N1C(=O)OCc1ccccc1. The number of hydrogen-bond acceptors (Lipinski definition) is 4. The molecule has 3 rings (SSSR count). The van der Waals surface area contributed by atoms with E-state index in [1.54, 1.807) is 0 Å². The Hall–Kier alpha value is -3.08. The highest BCUT2D eigenvalue weighted by atomic mass is 16.6. The molecule has 5 heteroatoms. The molecule has 0 saturated carbocycles. The molecular weight excluding hydrogens is 306 g/mol. The highest BCUT2D eigenvalue weighted by molar-refractivity contribution is 6.02. The van der Waals surface area contributed by atoms with E-state index in [4.69, 9.17) is 4.74 Å². The van der Waals surface area contributed by atoms with E-state index in [2.05, 4.69) is 0 Å². The molecule has 1 heterocycles. The number of amides is 2. The van der Waals surface area contributed by atoms with Gasteiger partial charge >= 0.3 is 6.09 Å². The fraction of sp³-hybridized carbons (Fsp3) is 0.158. The molecule has 2 aromatic carbocycles. The quantitative estimate of drug-likeness (QED) is 0.938. The van der Waals surface area contributed by atoms with Crippen LogP contribution in [0.4, 0.5) is 4.79 Å². The zero-order valence-electron chi connectivity index (χ0n) is 13.0. The predicted octanol–water partition coefficient (Wildman–Crippen LogP) is 3.22. The molecule has 0 spiro atoms. The number of aliphatic hydroxyl groups is 1. The van der Waals surface area contributed by atoms with Crippen LogP contribution < -0.4 is 0 Å². The number of aliphatic hydroxyl groups excluding tert-OH is 1. The first-order valence-corrected chi connectivity index (χ1v) is 7.63. The average molecular weight is 323 g/mol. The summed E-state index contributed by atoms with van der Waals surface area (Å²) in [5, 5.41) is 10.0. The Morgan fingerprint density at radius 2 is 1.58 bits per heavy atom. The number of benzene rings is 2. The van der Waals surface area contributed by atoms with Crippen molar-refractivity contribution in [1.82, 2.24) is 4.90 Å². The van der Waals surface area contributed by atoms with Crippen molar-refractivity contribution in [3.05, 3.63) is 83.6 Å². The molecule has 2 amide bonds. The molecule has 0 saturated heterocycles. The van der Waals surface area contributed by atoms with Crippen LogP contribution in [0.15, 0.2) is 72.5 Å². The lowest BCUT2D eigenvalue weighted by Gasteiger charge is -2.23. The largest absolute Gasteiger partial charge is 0.510 e. The molecule has 1 aliphatic rings. The Morgan fingerprint density at radius 1 is 1.00 bits per heavy atom. The fourth-order valence-corrected chi connectivity index (χ4v) is 2.62. The molecule has 5 nitrogen and oxygen atoms in total. The highest BCUT2D eigenvalue weighted by Crippen LogP contribution is 2.23. The number of imide groups is 1. The van der Waals surface area contributed by atoms with Crippen molar-refractivity contribution in [2.45, 2.75) is 19.1 Å². The van der Waals surface area contributed by atoms with Crippen LogP contribution in [-0.2, 0) is 22.6 Å². The lowest BCUT2D eigenvalue weighted by Crippen LogP contribution is -2.42. The molecule has 122 valence electrons. The molecular formula is C19H17NO4. The maximum absolute atomic E-state index is 12.3. The van der Waals surface area contributed by atoms with Crippen LogP contribution in [0.3, 0.4) is 0 Å². The summed E-state index contributed by atoms with van der Waals surface area (Å²) in [5.74, 6) is -0.688. The van der Waals surface area contributed by atoms with Crippen LogP contribution in [0.25, 0.3) is 0 Å². The van der Waals surface area contributed by atoms with Gasteiger partial charge in [-0.3, -0.25) is 4.79 Å². The Kier molecular flexibility index (Phi) is 4.61. The number of nitrogens with zero attached hydrogens (tertiary/aromatic N) is 1. The van der Waals surface area contributed by atoms with Crippen LogP contribution in [0.5, 0.6) is 0 Å². The smallest absolute Gasteiger partial charge is 0.417 e. The molecule has 2 aromatic rings. The van der Waals surface area contributed by atoms with Gasteiger partial charge in [0.15, 0.2) is 0 Å². The van der Waals surface area contributed by atoms with Crippen molar-refractivity contribution in [2.75, 3.05) is 0 Å². The topological polar surface area (TPSA) is 66.8 Å². The maximum atomic E-state index is 12.3. The molecule has 1 N–H and O–H groups in total. The second kappa shape index (κ2) is 7.00. The first-order valence-electron chi connectivity index (χ1n) is 7.63. The van der Waals surface area contributed by atoms with Gasteiger partial charge in [0, 0.05) is 12.5 Å². The second-order valence-corrected chi connectivity index (χ2v) is 5.52. The van der Waals surface area contributed by atoms with E-state index < -0.39 is 18.0 Å². The van der Waals surface area contributed by atoms with Gasteiger partial charge in [0.05, 0.1) is 0 Å². The van der Waals surface area contributed by atoms with E-state index in [1.165, 1.54) is 0 Å². The molecule has 0 radical (unpaired) electrons. The first kappa shape index (κ1) is 15.8. The molecule has 0 fully saturated rings. The summed E-state index contributed by atoms with van der Waals surface area (Å²) >= 11 is 0. The van der Waals surface area contributed by atoms with E-state index >= 15 is 0 Å². The summed E-state index contributed by atoms with van der Waals surface area (Å²) in [5.41, 5.74) is 1.74. The van der Waals surface area contributed by atoms with E-state index in [9.17, 15) is 14.7 Å². The van der Waals surface area contributed by atoms with Crippen molar-refractivity contribution in [3.63, 3.8) is 0 Å². The lowest BCUT2D eigenvalue weighted by molar-refractivity contribution is -0.124. The third-order valence-electron chi connectivity index (χ3n) is 3.84. The van der Waals surface area contributed by atoms with Gasteiger partial charge in [-0.25, -0.2) is 9.69 Å². The Balaban J connectivity index is 1.70. The normalized spacial score (nSPS) is 16.8. The second-order valence-electron chi connectivity index (χ2n) is 5.52. The Labute approximate surface area is 139 Å². The van der Waals surface area contributed by atoms with Gasteiger partial charge in [0.1, 0.15) is 18.4 Å². The average Bonchev–Trinajstić information content (AvgIpc) is 2.88. The van der Waals surface area contributed by atoms with Crippen LogP contribution >= 0.6 is 0 Å². The summed E-state index contributed by atoms with van der Waals surface area (Å²) < 4.78 is 5.22.